The number of pyridine rings is 2. The molecular formula is C21H16ClFN4O. The molecule has 3 heterocycles. The summed E-state index contributed by atoms with van der Waals surface area (Å²) in [6.45, 7) is 1.85. The van der Waals surface area contributed by atoms with Crippen LogP contribution in [0.15, 0.2) is 54.7 Å². The number of benzene rings is 1. The quantitative estimate of drug-likeness (QED) is 0.532. The van der Waals surface area contributed by atoms with E-state index in [0.29, 0.717) is 17.0 Å². The topological polar surface area (TPSA) is 59.8 Å². The number of amides is 1. The summed E-state index contributed by atoms with van der Waals surface area (Å²) in [5, 5.41) is 3.75. The van der Waals surface area contributed by atoms with E-state index in [4.69, 9.17) is 11.6 Å². The highest BCUT2D eigenvalue weighted by atomic mass is 35.5. The van der Waals surface area contributed by atoms with Gasteiger partial charge in [-0.25, -0.2) is 14.4 Å². The molecule has 28 heavy (non-hydrogen) atoms. The predicted octanol–water partition coefficient (Wildman–Crippen LogP) is 4.99. The molecule has 1 amide bonds. The van der Waals surface area contributed by atoms with Gasteiger partial charge in [0.1, 0.15) is 11.6 Å². The summed E-state index contributed by atoms with van der Waals surface area (Å²) >= 11 is 5.90. The summed E-state index contributed by atoms with van der Waals surface area (Å²) in [6, 6.07) is 13.6. The van der Waals surface area contributed by atoms with Crippen LogP contribution in [-0.4, -0.2) is 20.4 Å². The minimum Gasteiger partial charge on any atom is -0.347 e. The summed E-state index contributed by atoms with van der Waals surface area (Å²) in [4.78, 5) is 21.4. The molecule has 0 saturated heterocycles. The number of halogens is 2. The van der Waals surface area contributed by atoms with Crippen molar-refractivity contribution in [2.24, 2.45) is 7.05 Å². The molecule has 1 N–H and O–H groups in total. The first kappa shape index (κ1) is 18.1. The van der Waals surface area contributed by atoms with Crippen molar-refractivity contribution in [2.45, 2.75) is 6.92 Å². The molecule has 0 fully saturated rings. The SMILES string of the molecule is Cc1c(C(=O)Nc2ccc3cccnc3n2)cc(-c2ccc(F)c(Cl)c2)n1C. The predicted molar refractivity (Wildman–Crippen MR) is 108 cm³/mol. The van der Waals surface area contributed by atoms with Crippen LogP contribution < -0.4 is 5.32 Å². The van der Waals surface area contributed by atoms with Crippen LogP contribution in [0.25, 0.3) is 22.3 Å². The molecule has 0 aliphatic rings. The molecule has 0 radical (unpaired) electrons. The molecular weight excluding hydrogens is 379 g/mol. The number of carbonyl (C=O) groups is 1. The number of nitrogens with one attached hydrogen (secondary N) is 1. The Bertz CT molecular complexity index is 1220. The summed E-state index contributed by atoms with van der Waals surface area (Å²) in [6.07, 6.45) is 1.66. The lowest BCUT2D eigenvalue weighted by Gasteiger charge is -2.07. The van der Waals surface area contributed by atoms with Gasteiger partial charge in [-0.3, -0.25) is 4.79 Å². The maximum Gasteiger partial charge on any atom is 0.258 e. The first-order chi connectivity index (χ1) is 13.4. The molecule has 0 atom stereocenters. The Hall–Kier alpha value is -3.25. The van der Waals surface area contributed by atoms with Crippen molar-refractivity contribution in [3.8, 4) is 11.3 Å². The van der Waals surface area contributed by atoms with Gasteiger partial charge >= 0.3 is 0 Å². The molecule has 0 saturated carbocycles. The van der Waals surface area contributed by atoms with Crippen LogP contribution in [0.2, 0.25) is 5.02 Å². The van der Waals surface area contributed by atoms with E-state index >= 15 is 0 Å². The van der Waals surface area contributed by atoms with E-state index in [-0.39, 0.29) is 10.9 Å². The second-order valence-corrected chi connectivity index (χ2v) is 6.82. The molecule has 3 aromatic heterocycles. The number of fused-ring (bicyclic) bond motifs is 1. The molecule has 0 bridgehead atoms. The monoisotopic (exact) mass is 394 g/mol. The zero-order valence-electron chi connectivity index (χ0n) is 15.2. The van der Waals surface area contributed by atoms with E-state index in [2.05, 4.69) is 15.3 Å². The number of rotatable bonds is 3. The molecule has 0 spiro atoms. The molecule has 7 heteroatoms. The zero-order valence-corrected chi connectivity index (χ0v) is 16.0. The third kappa shape index (κ3) is 3.23. The van der Waals surface area contributed by atoms with Crippen LogP contribution in [0.4, 0.5) is 10.2 Å². The van der Waals surface area contributed by atoms with Crippen molar-refractivity contribution in [1.82, 2.24) is 14.5 Å². The van der Waals surface area contributed by atoms with Gasteiger partial charge in [-0.1, -0.05) is 11.6 Å². The van der Waals surface area contributed by atoms with Crippen LogP contribution in [0, 0.1) is 12.7 Å². The van der Waals surface area contributed by atoms with Crippen LogP contribution in [0.1, 0.15) is 16.1 Å². The second-order valence-electron chi connectivity index (χ2n) is 6.42. The number of nitrogens with zero attached hydrogens (tertiary/aromatic N) is 3. The van der Waals surface area contributed by atoms with E-state index in [1.165, 1.54) is 6.07 Å². The third-order valence-corrected chi connectivity index (χ3v) is 4.99. The van der Waals surface area contributed by atoms with Crippen molar-refractivity contribution in [1.29, 1.82) is 0 Å². The fourth-order valence-corrected chi connectivity index (χ4v) is 3.25. The van der Waals surface area contributed by atoms with E-state index in [1.807, 2.05) is 36.7 Å². The largest absolute Gasteiger partial charge is 0.347 e. The number of hydrogen-bond donors (Lipinski definition) is 1. The molecule has 4 rings (SSSR count). The molecule has 0 aliphatic heterocycles. The fraction of sp³-hybridized carbons (Fsp3) is 0.0952. The minimum atomic E-state index is -0.481. The number of hydrogen-bond acceptors (Lipinski definition) is 3. The Kier molecular flexibility index (Phi) is 4.57. The maximum absolute atomic E-state index is 13.5. The average molecular weight is 395 g/mol. The average Bonchev–Trinajstić information content (AvgIpc) is 2.99. The van der Waals surface area contributed by atoms with Crippen molar-refractivity contribution >= 4 is 34.4 Å². The Morgan fingerprint density at radius 2 is 2.00 bits per heavy atom. The highest BCUT2D eigenvalue weighted by molar-refractivity contribution is 6.31. The highest BCUT2D eigenvalue weighted by Gasteiger charge is 2.18. The van der Waals surface area contributed by atoms with Gasteiger partial charge in [-0.2, -0.15) is 0 Å². The van der Waals surface area contributed by atoms with Crippen LogP contribution >= 0.6 is 11.6 Å². The van der Waals surface area contributed by atoms with E-state index < -0.39 is 5.82 Å². The van der Waals surface area contributed by atoms with Crippen LogP contribution in [0.3, 0.4) is 0 Å². The smallest absolute Gasteiger partial charge is 0.258 e. The highest BCUT2D eigenvalue weighted by Crippen LogP contribution is 2.28. The van der Waals surface area contributed by atoms with E-state index in [9.17, 15) is 9.18 Å². The molecule has 0 aliphatic carbocycles. The zero-order chi connectivity index (χ0) is 19.8. The number of anilines is 1. The van der Waals surface area contributed by atoms with E-state index in [0.717, 1.165) is 22.3 Å². The Morgan fingerprint density at radius 3 is 2.79 bits per heavy atom. The van der Waals surface area contributed by atoms with Gasteiger partial charge in [0.15, 0.2) is 5.65 Å². The molecule has 0 unspecified atom stereocenters. The van der Waals surface area contributed by atoms with Gasteiger partial charge in [0.2, 0.25) is 0 Å². The minimum absolute atomic E-state index is 0.0372. The summed E-state index contributed by atoms with van der Waals surface area (Å²) in [7, 11) is 1.84. The number of carbonyl (C=O) groups excluding carboxylic acids is 1. The lowest BCUT2D eigenvalue weighted by Crippen LogP contribution is -2.14. The van der Waals surface area contributed by atoms with E-state index in [1.54, 1.807) is 30.5 Å². The standard InChI is InChI=1S/C21H16ClFN4O/c1-12-15(11-18(27(12)2)14-5-7-17(23)16(22)10-14)21(28)26-19-8-6-13-4-3-9-24-20(13)25-19/h3-11H,1-2H3,(H,24,25,26,28). The van der Waals surface area contributed by atoms with Gasteiger partial charge in [-0.15, -0.1) is 0 Å². The van der Waals surface area contributed by atoms with Gasteiger partial charge < -0.3 is 9.88 Å². The Balaban J connectivity index is 1.66. The van der Waals surface area contributed by atoms with Crippen molar-refractivity contribution in [3.05, 3.63) is 76.8 Å². The van der Waals surface area contributed by atoms with Gasteiger partial charge in [0.25, 0.3) is 5.91 Å². The maximum atomic E-state index is 13.5. The lowest BCUT2D eigenvalue weighted by molar-refractivity contribution is 0.102. The van der Waals surface area contributed by atoms with Crippen molar-refractivity contribution < 1.29 is 9.18 Å². The normalized spacial score (nSPS) is 11.0. The summed E-state index contributed by atoms with van der Waals surface area (Å²) in [5.74, 6) is -0.341. The molecule has 1 aromatic carbocycles. The molecule has 5 nitrogen and oxygen atoms in total. The van der Waals surface area contributed by atoms with Crippen molar-refractivity contribution in [2.75, 3.05) is 5.32 Å². The van der Waals surface area contributed by atoms with Crippen molar-refractivity contribution in [3.63, 3.8) is 0 Å². The second kappa shape index (κ2) is 7.05. The third-order valence-electron chi connectivity index (χ3n) is 4.70. The Morgan fingerprint density at radius 1 is 1.18 bits per heavy atom. The van der Waals surface area contributed by atoms with Crippen LogP contribution in [0.5, 0.6) is 0 Å². The fourth-order valence-electron chi connectivity index (χ4n) is 3.07. The molecule has 140 valence electrons. The lowest BCUT2D eigenvalue weighted by atomic mass is 10.1. The summed E-state index contributed by atoms with van der Waals surface area (Å²) < 4.78 is 15.3. The van der Waals surface area contributed by atoms with Gasteiger partial charge in [0, 0.05) is 30.0 Å². The first-order valence-electron chi connectivity index (χ1n) is 8.59. The first-order valence-corrected chi connectivity index (χ1v) is 8.96. The number of aromatic nitrogens is 3. The van der Waals surface area contributed by atoms with Crippen LogP contribution in [-0.2, 0) is 7.05 Å². The van der Waals surface area contributed by atoms with Gasteiger partial charge in [-0.05, 0) is 61.0 Å². The molecule has 4 aromatic rings. The Labute approximate surface area is 165 Å². The summed E-state index contributed by atoms with van der Waals surface area (Å²) in [5.41, 5.74) is 3.32. The van der Waals surface area contributed by atoms with Gasteiger partial charge in [0.05, 0.1) is 10.6 Å².